The highest BCUT2D eigenvalue weighted by Gasteiger charge is 2.24. The third-order valence-electron chi connectivity index (χ3n) is 4.06. The number of hydrogen-bond donors (Lipinski definition) is 2. The van der Waals surface area contributed by atoms with E-state index in [1.807, 2.05) is 0 Å². The lowest BCUT2D eigenvalue weighted by Gasteiger charge is -2.13. The van der Waals surface area contributed by atoms with Crippen molar-refractivity contribution in [2.75, 3.05) is 12.4 Å². The van der Waals surface area contributed by atoms with Gasteiger partial charge < -0.3 is 15.4 Å². The van der Waals surface area contributed by atoms with Crippen molar-refractivity contribution in [3.8, 4) is 0 Å². The molecule has 27 heavy (non-hydrogen) atoms. The molecular weight excluding hydrogens is 348 g/mol. The first kappa shape index (κ1) is 22.3. The largest absolute Gasteiger partial charge is 0.467 e. The lowest BCUT2D eigenvalue weighted by molar-refractivity contribution is -0.144. The molecule has 0 fully saturated rings. The molecule has 0 saturated carbocycles. The Hall–Kier alpha value is -2.70. The maximum Gasteiger partial charge on any atom is 0.328 e. The van der Waals surface area contributed by atoms with Crippen LogP contribution in [0.3, 0.4) is 0 Å². The van der Waals surface area contributed by atoms with E-state index in [9.17, 15) is 19.2 Å². The van der Waals surface area contributed by atoms with Gasteiger partial charge in [-0.15, -0.1) is 0 Å². The molecule has 0 saturated heterocycles. The Bertz CT molecular complexity index is 672. The Morgan fingerprint density at radius 2 is 1.70 bits per heavy atom. The number of carbonyl (C=O) groups excluding carboxylic acids is 4. The Kier molecular flexibility index (Phi) is 9.79. The molecule has 1 rings (SSSR count). The van der Waals surface area contributed by atoms with Crippen LogP contribution < -0.4 is 10.6 Å². The van der Waals surface area contributed by atoms with Crippen LogP contribution in [-0.2, 0) is 19.1 Å². The van der Waals surface area contributed by atoms with E-state index in [-0.39, 0.29) is 17.2 Å². The predicted octanol–water partition coefficient (Wildman–Crippen LogP) is 2.85. The highest BCUT2D eigenvalue weighted by atomic mass is 16.5. The monoisotopic (exact) mass is 376 g/mol. The van der Waals surface area contributed by atoms with Crippen molar-refractivity contribution in [1.82, 2.24) is 5.32 Å². The molecule has 1 aromatic carbocycles. The summed E-state index contributed by atoms with van der Waals surface area (Å²) in [4.78, 5) is 48.0. The molecule has 0 bridgehead atoms. The Morgan fingerprint density at radius 3 is 2.37 bits per heavy atom. The summed E-state index contributed by atoms with van der Waals surface area (Å²) in [5.41, 5.74) is 0.355. The predicted molar refractivity (Wildman–Crippen MR) is 102 cm³/mol. The van der Waals surface area contributed by atoms with E-state index in [2.05, 4.69) is 22.3 Å². The fourth-order valence-electron chi connectivity index (χ4n) is 2.51. The quantitative estimate of drug-likeness (QED) is 0.268. The number of anilines is 1. The van der Waals surface area contributed by atoms with Crippen LogP contribution in [0.25, 0.3) is 0 Å². The fourth-order valence-corrected chi connectivity index (χ4v) is 2.51. The molecule has 0 aromatic heterocycles. The van der Waals surface area contributed by atoms with Crippen LogP contribution >= 0.6 is 0 Å². The first-order chi connectivity index (χ1) is 12.9. The van der Waals surface area contributed by atoms with Crippen molar-refractivity contribution in [1.29, 1.82) is 0 Å². The minimum Gasteiger partial charge on any atom is -0.467 e. The first-order valence-electron chi connectivity index (χ1n) is 9.22. The molecule has 0 heterocycles. The highest BCUT2D eigenvalue weighted by Crippen LogP contribution is 2.17. The Morgan fingerprint density at radius 1 is 1.04 bits per heavy atom. The van der Waals surface area contributed by atoms with Gasteiger partial charge in [-0.2, -0.15) is 0 Å². The van der Waals surface area contributed by atoms with Crippen LogP contribution in [0.15, 0.2) is 24.3 Å². The molecule has 1 aromatic rings. The lowest BCUT2D eigenvalue weighted by atomic mass is 10.1. The van der Waals surface area contributed by atoms with Crippen molar-refractivity contribution in [3.05, 3.63) is 29.8 Å². The fraction of sp³-hybridized carbons (Fsp3) is 0.500. The summed E-state index contributed by atoms with van der Waals surface area (Å²) >= 11 is 0. The van der Waals surface area contributed by atoms with Gasteiger partial charge in [0.25, 0.3) is 11.7 Å². The van der Waals surface area contributed by atoms with Gasteiger partial charge in [0.2, 0.25) is 5.91 Å². The van der Waals surface area contributed by atoms with E-state index in [1.165, 1.54) is 20.1 Å². The molecule has 2 amide bonds. The number of carbonyl (C=O) groups is 4. The van der Waals surface area contributed by atoms with Gasteiger partial charge in [0, 0.05) is 6.42 Å². The van der Waals surface area contributed by atoms with Gasteiger partial charge >= 0.3 is 5.97 Å². The van der Waals surface area contributed by atoms with Crippen molar-refractivity contribution in [2.24, 2.45) is 0 Å². The second-order valence-electron chi connectivity index (χ2n) is 6.31. The average Bonchev–Trinajstić information content (AvgIpc) is 2.66. The smallest absolute Gasteiger partial charge is 0.328 e. The molecule has 0 aliphatic carbocycles. The van der Waals surface area contributed by atoms with E-state index in [1.54, 1.807) is 18.2 Å². The molecule has 0 aliphatic rings. The van der Waals surface area contributed by atoms with Crippen LogP contribution in [0.4, 0.5) is 5.69 Å². The van der Waals surface area contributed by atoms with Crippen LogP contribution in [0.5, 0.6) is 0 Å². The van der Waals surface area contributed by atoms with Crippen molar-refractivity contribution < 1.29 is 23.9 Å². The number of amides is 2. The summed E-state index contributed by atoms with van der Waals surface area (Å²) in [5.74, 6) is -2.62. The summed E-state index contributed by atoms with van der Waals surface area (Å²) in [5, 5.41) is 4.98. The highest BCUT2D eigenvalue weighted by molar-refractivity contribution is 6.44. The number of Topliss-reactive ketones (excluding diaryl/α,β-unsaturated/α-hetero) is 1. The van der Waals surface area contributed by atoms with E-state index in [0.29, 0.717) is 6.42 Å². The third-order valence-corrected chi connectivity index (χ3v) is 4.06. The molecule has 0 aliphatic heterocycles. The first-order valence-corrected chi connectivity index (χ1v) is 9.22. The number of ether oxygens (including phenoxy) is 1. The van der Waals surface area contributed by atoms with Crippen molar-refractivity contribution in [3.63, 3.8) is 0 Å². The number of rotatable bonds is 11. The lowest BCUT2D eigenvalue weighted by Crippen LogP contribution is -2.42. The number of methoxy groups -OCH3 is 1. The minimum absolute atomic E-state index is 0.0754. The van der Waals surface area contributed by atoms with Crippen molar-refractivity contribution >= 4 is 29.3 Å². The van der Waals surface area contributed by atoms with Crippen LogP contribution in [0.2, 0.25) is 0 Å². The molecule has 1 atom stereocenters. The average molecular weight is 376 g/mol. The van der Waals surface area contributed by atoms with Gasteiger partial charge in [0.05, 0.1) is 18.4 Å². The maximum atomic E-state index is 12.4. The summed E-state index contributed by atoms with van der Waals surface area (Å²) in [6.45, 7) is 3.55. The van der Waals surface area contributed by atoms with Gasteiger partial charge in [-0.25, -0.2) is 4.79 Å². The zero-order chi connectivity index (χ0) is 20.2. The molecule has 0 unspecified atom stereocenters. The SMILES string of the molecule is CCCCCCCC(=O)Nc1ccccc1C(=O)C(=O)N[C@@H](C)C(=O)OC. The number of benzene rings is 1. The summed E-state index contributed by atoms with van der Waals surface area (Å²) in [6, 6.07) is 5.35. The third kappa shape index (κ3) is 7.60. The van der Waals surface area contributed by atoms with Gasteiger partial charge in [-0.05, 0) is 25.5 Å². The number of esters is 1. The molecule has 2 N–H and O–H groups in total. The standard InChI is InChI=1S/C20H28N2O5/c1-4-5-6-7-8-13-17(23)22-16-12-10-9-11-15(16)18(24)19(25)21-14(2)20(26)27-3/h9-12,14H,4-8,13H2,1-3H3,(H,21,25)(H,22,23)/t14-/m0/s1. The Balaban J connectivity index is 2.69. The van der Waals surface area contributed by atoms with Crippen LogP contribution in [-0.4, -0.2) is 36.7 Å². The molecule has 0 radical (unpaired) electrons. The number of hydrogen-bond acceptors (Lipinski definition) is 5. The van der Waals surface area contributed by atoms with E-state index >= 15 is 0 Å². The zero-order valence-corrected chi connectivity index (χ0v) is 16.2. The number of para-hydroxylation sites is 1. The second kappa shape index (κ2) is 11.8. The van der Waals surface area contributed by atoms with E-state index in [4.69, 9.17) is 0 Å². The molecule has 148 valence electrons. The minimum atomic E-state index is -0.948. The van der Waals surface area contributed by atoms with Gasteiger partial charge in [-0.3, -0.25) is 14.4 Å². The maximum absolute atomic E-state index is 12.4. The molecule has 7 nitrogen and oxygen atoms in total. The Labute approximate surface area is 159 Å². The molecular formula is C20H28N2O5. The van der Waals surface area contributed by atoms with Crippen LogP contribution in [0.1, 0.15) is 62.7 Å². The number of unbranched alkanes of at least 4 members (excludes halogenated alkanes) is 4. The van der Waals surface area contributed by atoms with Crippen LogP contribution in [0, 0.1) is 0 Å². The molecule has 0 spiro atoms. The summed E-state index contributed by atoms with van der Waals surface area (Å²) in [6.07, 6.45) is 5.50. The number of nitrogens with one attached hydrogen (secondary N) is 2. The van der Waals surface area contributed by atoms with Gasteiger partial charge in [-0.1, -0.05) is 44.7 Å². The topological polar surface area (TPSA) is 102 Å². The summed E-state index contributed by atoms with van der Waals surface area (Å²) in [7, 11) is 1.19. The van der Waals surface area contributed by atoms with Gasteiger partial charge in [0.1, 0.15) is 6.04 Å². The normalized spacial score (nSPS) is 11.4. The van der Waals surface area contributed by atoms with Gasteiger partial charge in [0.15, 0.2) is 0 Å². The van der Waals surface area contributed by atoms with Crippen molar-refractivity contribution in [2.45, 2.75) is 58.4 Å². The zero-order valence-electron chi connectivity index (χ0n) is 16.2. The van der Waals surface area contributed by atoms with E-state index in [0.717, 1.165) is 32.1 Å². The number of ketones is 1. The summed E-state index contributed by atoms with van der Waals surface area (Å²) < 4.78 is 4.51. The van der Waals surface area contributed by atoms with E-state index < -0.39 is 23.7 Å². The second-order valence-corrected chi connectivity index (χ2v) is 6.31. The molecule has 7 heteroatoms.